The molecule has 0 saturated heterocycles. The minimum atomic E-state index is -0.532. The maximum atomic E-state index is 12.1. The van der Waals surface area contributed by atoms with Crippen molar-refractivity contribution in [3.05, 3.63) is 68.2 Å². The van der Waals surface area contributed by atoms with Gasteiger partial charge in [0.25, 0.3) is 5.69 Å². The molecule has 0 unspecified atom stereocenters. The Labute approximate surface area is 174 Å². The van der Waals surface area contributed by atoms with Crippen LogP contribution in [0.25, 0.3) is 16.8 Å². The summed E-state index contributed by atoms with van der Waals surface area (Å²) in [5.74, 6) is 0.121. The molecule has 0 aliphatic heterocycles. The number of para-hydroxylation sites is 1. The van der Waals surface area contributed by atoms with Crippen LogP contribution in [-0.2, 0) is 6.54 Å². The number of fused-ring (bicyclic) bond motifs is 1. The first-order valence-corrected chi connectivity index (χ1v) is 10.2. The van der Waals surface area contributed by atoms with Gasteiger partial charge in [0.15, 0.2) is 5.58 Å². The quantitative estimate of drug-likeness (QED) is 0.191. The molecule has 4 aromatic rings. The summed E-state index contributed by atoms with van der Waals surface area (Å²) in [6, 6.07) is 10.1. The summed E-state index contributed by atoms with van der Waals surface area (Å²) >= 11 is 1.48. The molecule has 11 heteroatoms. The molecule has 0 atom stereocenters. The molecule has 2 aromatic heterocycles. The molecule has 0 fully saturated rings. The number of thioether (sulfide) groups is 1. The number of nitro groups is 1. The maximum Gasteiger partial charge on any atom is 0.419 e. The van der Waals surface area contributed by atoms with E-state index in [-0.39, 0.29) is 5.69 Å². The third-order valence-corrected chi connectivity index (χ3v) is 5.72. The Balaban J connectivity index is 1.48. The summed E-state index contributed by atoms with van der Waals surface area (Å²) in [6.07, 6.45) is 0.627. The van der Waals surface area contributed by atoms with Crippen molar-refractivity contribution >= 4 is 28.5 Å². The highest BCUT2D eigenvalue weighted by atomic mass is 32.2. The Morgan fingerprint density at radius 2 is 1.97 bits per heavy atom. The highest BCUT2D eigenvalue weighted by Gasteiger charge is 2.15. The number of oxazole rings is 1. The van der Waals surface area contributed by atoms with Crippen molar-refractivity contribution < 1.29 is 9.34 Å². The van der Waals surface area contributed by atoms with Gasteiger partial charge in [0.05, 0.1) is 16.1 Å². The van der Waals surface area contributed by atoms with Crippen LogP contribution in [0.1, 0.15) is 17.5 Å². The van der Waals surface area contributed by atoms with Gasteiger partial charge < -0.3 is 4.42 Å². The van der Waals surface area contributed by atoms with Crippen LogP contribution in [-0.4, -0.2) is 35.5 Å². The van der Waals surface area contributed by atoms with Gasteiger partial charge in [0.2, 0.25) is 5.16 Å². The predicted octanol–water partition coefficient (Wildman–Crippen LogP) is 3.28. The molecule has 154 valence electrons. The molecule has 0 aliphatic rings. The lowest BCUT2D eigenvalue weighted by Gasteiger charge is -2.10. The molecule has 0 spiro atoms. The number of nitrogens with zero attached hydrogens (tertiary/aromatic N) is 6. The first kappa shape index (κ1) is 19.8. The average molecular weight is 426 g/mol. The number of benzene rings is 2. The summed E-state index contributed by atoms with van der Waals surface area (Å²) in [7, 11) is 0. The Hall–Kier alpha value is -3.47. The van der Waals surface area contributed by atoms with Crippen molar-refractivity contribution in [2.24, 2.45) is 0 Å². The van der Waals surface area contributed by atoms with Gasteiger partial charge in [0, 0.05) is 24.4 Å². The second-order valence-corrected chi connectivity index (χ2v) is 7.81. The summed E-state index contributed by atoms with van der Waals surface area (Å²) in [6.45, 7) is 4.38. The second-order valence-electron chi connectivity index (χ2n) is 6.74. The molecular weight excluding hydrogens is 408 g/mol. The zero-order valence-electron chi connectivity index (χ0n) is 16.3. The lowest BCUT2D eigenvalue weighted by molar-refractivity contribution is -0.384. The van der Waals surface area contributed by atoms with Gasteiger partial charge in [-0.2, -0.15) is 4.68 Å². The van der Waals surface area contributed by atoms with Gasteiger partial charge in [-0.15, -0.1) is 5.10 Å². The first-order chi connectivity index (χ1) is 14.5. The smallest absolute Gasteiger partial charge is 0.408 e. The minimum Gasteiger partial charge on any atom is -0.408 e. The number of nitro benzene ring substituents is 1. The summed E-state index contributed by atoms with van der Waals surface area (Å²) in [5, 5.41) is 23.7. The highest BCUT2D eigenvalue weighted by Crippen LogP contribution is 2.24. The van der Waals surface area contributed by atoms with Crippen LogP contribution in [0.15, 0.2) is 50.8 Å². The largest absolute Gasteiger partial charge is 0.419 e. The van der Waals surface area contributed by atoms with Gasteiger partial charge in [-0.3, -0.25) is 14.7 Å². The van der Waals surface area contributed by atoms with Crippen molar-refractivity contribution in [1.29, 1.82) is 0 Å². The van der Waals surface area contributed by atoms with Crippen LogP contribution in [0.2, 0.25) is 0 Å². The fraction of sp³-hybridized carbons (Fsp3) is 0.263. The first-order valence-electron chi connectivity index (χ1n) is 9.21. The standard InChI is InChI=1S/C19H18N6O4S/c1-12-5-3-6-13(2)17(12)24-18(20-21-22-24)30-10-4-9-23-15-11-14(25(27)28)7-8-16(15)29-19(23)26/h3,5-8,11H,4,9-10H2,1-2H3. The van der Waals surface area contributed by atoms with Crippen LogP contribution >= 0.6 is 11.8 Å². The molecule has 2 aromatic carbocycles. The molecular formula is C19H18N6O4S. The van der Waals surface area contributed by atoms with E-state index in [0.717, 1.165) is 16.8 Å². The van der Waals surface area contributed by atoms with Crippen LogP contribution in [0, 0.1) is 24.0 Å². The number of tetrazole rings is 1. The molecule has 0 aliphatic carbocycles. The summed E-state index contributed by atoms with van der Waals surface area (Å²) < 4.78 is 8.32. The van der Waals surface area contributed by atoms with Gasteiger partial charge in [0.1, 0.15) is 0 Å². The van der Waals surface area contributed by atoms with Gasteiger partial charge in [-0.25, -0.2) is 4.79 Å². The third-order valence-electron chi connectivity index (χ3n) is 4.71. The van der Waals surface area contributed by atoms with Crippen LogP contribution < -0.4 is 5.76 Å². The molecule has 0 amide bonds. The normalized spacial score (nSPS) is 11.3. The van der Waals surface area contributed by atoms with E-state index in [4.69, 9.17) is 4.42 Å². The Morgan fingerprint density at radius 3 is 2.70 bits per heavy atom. The fourth-order valence-corrected chi connectivity index (χ4v) is 4.11. The van der Waals surface area contributed by atoms with E-state index in [0.29, 0.717) is 35.0 Å². The molecule has 0 bridgehead atoms. The van der Waals surface area contributed by atoms with E-state index < -0.39 is 10.7 Å². The highest BCUT2D eigenvalue weighted by molar-refractivity contribution is 7.99. The molecule has 0 saturated carbocycles. The van der Waals surface area contributed by atoms with Crippen molar-refractivity contribution in [2.75, 3.05) is 5.75 Å². The third kappa shape index (κ3) is 3.71. The molecule has 10 nitrogen and oxygen atoms in total. The van der Waals surface area contributed by atoms with Crippen LogP contribution in [0.3, 0.4) is 0 Å². The lowest BCUT2D eigenvalue weighted by atomic mass is 10.1. The topological polar surface area (TPSA) is 122 Å². The summed E-state index contributed by atoms with van der Waals surface area (Å²) in [4.78, 5) is 22.7. The Bertz CT molecular complexity index is 1270. The van der Waals surface area contributed by atoms with Crippen LogP contribution in [0.4, 0.5) is 5.69 Å². The number of hydrogen-bond donors (Lipinski definition) is 0. The van der Waals surface area contributed by atoms with E-state index in [1.807, 2.05) is 32.0 Å². The fourth-order valence-electron chi connectivity index (χ4n) is 3.31. The van der Waals surface area contributed by atoms with E-state index in [1.165, 1.54) is 34.5 Å². The zero-order chi connectivity index (χ0) is 21.3. The average Bonchev–Trinajstić information content (AvgIpc) is 3.28. The monoisotopic (exact) mass is 426 g/mol. The van der Waals surface area contributed by atoms with Crippen LogP contribution in [0.5, 0.6) is 0 Å². The van der Waals surface area contributed by atoms with E-state index in [1.54, 1.807) is 4.68 Å². The van der Waals surface area contributed by atoms with Crippen molar-refractivity contribution in [1.82, 2.24) is 24.8 Å². The molecule has 30 heavy (non-hydrogen) atoms. The van der Waals surface area contributed by atoms with Crippen molar-refractivity contribution in [3.8, 4) is 5.69 Å². The van der Waals surface area contributed by atoms with E-state index >= 15 is 0 Å². The van der Waals surface area contributed by atoms with Gasteiger partial charge >= 0.3 is 5.76 Å². The predicted molar refractivity (Wildman–Crippen MR) is 111 cm³/mol. The minimum absolute atomic E-state index is 0.0841. The van der Waals surface area contributed by atoms with Gasteiger partial charge in [-0.1, -0.05) is 30.0 Å². The number of aryl methyl sites for hydroxylation is 3. The molecule has 4 rings (SSSR count). The Morgan fingerprint density at radius 1 is 1.20 bits per heavy atom. The number of non-ortho nitro benzene ring substituents is 1. The second kappa shape index (κ2) is 8.11. The van der Waals surface area contributed by atoms with E-state index in [2.05, 4.69) is 15.5 Å². The van der Waals surface area contributed by atoms with Crippen molar-refractivity contribution in [3.63, 3.8) is 0 Å². The zero-order valence-corrected chi connectivity index (χ0v) is 17.1. The molecule has 2 heterocycles. The number of aromatic nitrogens is 5. The van der Waals surface area contributed by atoms with Crippen molar-refractivity contribution in [2.45, 2.75) is 32.0 Å². The number of rotatable bonds is 7. The SMILES string of the molecule is Cc1cccc(C)c1-n1nnnc1SCCCn1c(=O)oc2ccc([N+](=O)[O-])cc21. The maximum absolute atomic E-state index is 12.1. The van der Waals surface area contributed by atoms with E-state index in [9.17, 15) is 14.9 Å². The Kier molecular flexibility index (Phi) is 5.36. The van der Waals surface area contributed by atoms with Gasteiger partial charge in [-0.05, 0) is 47.9 Å². The molecule has 0 N–H and O–H groups in total. The lowest BCUT2D eigenvalue weighted by Crippen LogP contribution is -2.14. The molecule has 0 radical (unpaired) electrons. The number of hydrogen-bond acceptors (Lipinski definition) is 8. The summed E-state index contributed by atoms with van der Waals surface area (Å²) in [5.41, 5.74) is 3.76.